The molecule has 1 aromatic carbocycles. The molecule has 1 rings (SSSR count). The van der Waals surface area contributed by atoms with E-state index in [4.69, 9.17) is 14.2 Å². The first-order chi connectivity index (χ1) is 14.7. The van der Waals surface area contributed by atoms with Gasteiger partial charge in [-0.3, -0.25) is 0 Å². The number of halogens is 1. The highest BCUT2D eigenvalue weighted by molar-refractivity contribution is 5.85. The summed E-state index contributed by atoms with van der Waals surface area (Å²) in [7, 11) is 5.04. The zero-order valence-corrected chi connectivity index (χ0v) is 21.1. The van der Waals surface area contributed by atoms with E-state index in [0.717, 1.165) is 45.4 Å². The maximum absolute atomic E-state index is 5.67. The van der Waals surface area contributed by atoms with Crippen molar-refractivity contribution in [3.05, 3.63) is 35.9 Å². The first-order valence-corrected chi connectivity index (χ1v) is 11.8. The highest BCUT2D eigenvalue weighted by Crippen LogP contribution is 2.32. The fourth-order valence-corrected chi connectivity index (χ4v) is 4.02. The van der Waals surface area contributed by atoms with Crippen LogP contribution < -0.4 is 10.6 Å². The van der Waals surface area contributed by atoms with Crippen LogP contribution >= 0.6 is 12.4 Å². The molecule has 0 saturated carbocycles. The molecule has 182 valence electrons. The van der Waals surface area contributed by atoms with E-state index in [9.17, 15) is 0 Å². The predicted molar refractivity (Wildman–Crippen MR) is 133 cm³/mol. The lowest BCUT2D eigenvalue weighted by atomic mass is 9.93. The second-order valence-corrected chi connectivity index (χ2v) is 8.02. The van der Waals surface area contributed by atoms with Crippen LogP contribution in [-0.2, 0) is 20.8 Å². The van der Waals surface area contributed by atoms with Crippen LogP contribution in [0.15, 0.2) is 30.3 Å². The fraction of sp³-hybridized carbons (Fsp3) is 0.760. The van der Waals surface area contributed by atoms with Crippen LogP contribution in [0.2, 0.25) is 0 Å². The van der Waals surface area contributed by atoms with Crippen molar-refractivity contribution in [3.63, 3.8) is 0 Å². The van der Waals surface area contributed by atoms with Gasteiger partial charge in [-0.25, -0.2) is 0 Å². The third-order valence-corrected chi connectivity index (χ3v) is 5.82. The molecule has 1 unspecified atom stereocenters. The number of hydrogen-bond acceptors (Lipinski definition) is 5. The fourth-order valence-electron chi connectivity index (χ4n) is 4.02. The lowest BCUT2D eigenvalue weighted by Crippen LogP contribution is -2.44. The maximum Gasteiger partial charge on any atom is 0.285 e. The minimum Gasteiger partial charge on any atom is -0.331 e. The van der Waals surface area contributed by atoms with Crippen molar-refractivity contribution in [3.8, 4) is 0 Å². The summed E-state index contributed by atoms with van der Waals surface area (Å²) in [5, 5.41) is 7.02. The van der Waals surface area contributed by atoms with Crippen LogP contribution in [0.3, 0.4) is 0 Å². The van der Waals surface area contributed by atoms with Crippen LogP contribution in [-0.4, -0.2) is 46.9 Å². The third-order valence-electron chi connectivity index (χ3n) is 5.82. The second kappa shape index (κ2) is 20.0. The lowest BCUT2D eigenvalue weighted by molar-refractivity contribution is -0.380. The van der Waals surface area contributed by atoms with Gasteiger partial charge in [-0.15, -0.1) is 12.4 Å². The first-order valence-electron chi connectivity index (χ1n) is 11.8. The summed E-state index contributed by atoms with van der Waals surface area (Å²) < 4.78 is 17.0. The number of nitrogens with one attached hydrogen (secondary N) is 2. The van der Waals surface area contributed by atoms with Gasteiger partial charge in [0.25, 0.3) is 5.97 Å². The SMILES string of the molecule is CCCCCCCCC(CCCNCCNCc1ccccc1)C(OC)(OC)OC.Cl. The Kier molecular flexibility index (Phi) is 19.5. The quantitative estimate of drug-likeness (QED) is 0.199. The zero-order valence-electron chi connectivity index (χ0n) is 20.3. The van der Waals surface area contributed by atoms with Gasteiger partial charge < -0.3 is 24.8 Å². The molecule has 0 amide bonds. The van der Waals surface area contributed by atoms with Crippen molar-refractivity contribution in [1.82, 2.24) is 10.6 Å². The van der Waals surface area contributed by atoms with E-state index in [1.807, 2.05) is 0 Å². The molecular formula is C25H47ClN2O3. The molecule has 0 aromatic heterocycles. The summed E-state index contributed by atoms with van der Waals surface area (Å²) in [6, 6.07) is 10.5. The van der Waals surface area contributed by atoms with E-state index >= 15 is 0 Å². The van der Waals surface area contributed by atoms with E-state index in [-0.39, 0.29) is 18.3 Å². The highest BCUT2D eigenvalue weighted by Gasteiger charge is 2.39. The molecule has 0 aliphatic rings. The summed E-state index contributed by atoms with van der Waals surface area (Å²) in [5.41, 5.74) is 1.32. The van der Waals surface area contributed by atoms with Crippen LogP contribution in [0, 0.1) is 5.92 Å². The molecule has 0 aliphatic heterocycles. The van der Waals surface area contributed by atoms with Crippen LogP contribution in [0.25, 0.3) is 0 Å². The molecule has 0 bridgehead atoms. The topological polar surface area (TPSA) is 51.8 Å². The van der Waals surface area contributed by atoms with E-state index in [2.05, 4.69) is 47.9 Å². The predicted octanol–water partition coefficient (Wildman–Crippen LogP) is 5.53. The first kappa shape index (κ1) is 30.3. The monoisotopic (exact) mass is 458 g/mol. The Balaban J connectivity index is 0.00000900. The van der Waals surface area contributed by atoms with Gasteiger partial charge in [0.1, 0.15) is 0 Å². The molecule has 0 fully saturated rings. The van der Waals surface area contributed by atoms with Crippen molar-refractivity contribution in [2.75, 3.05) is 41.0 Å². The van der Waals surface area contributed by atoms with Gasteiger partial charge in [0.05, 0.1) is 0 Å². The maximum atomic E-state index is 5.67. The normalized spacial score (nSPS) is 12.5. The van der Waals surface area contributed by atoms with Crippen LogP contribution in [0.1, 0.15) is 70.3 Å². The third kappa shape index (κ3) is 12.8. The Labute approximate surface area is 197 Å². The van der Waals surface area contributed by atoms with E-state index in [0.29, 0.717) is 0 Å². The Hall–Kier alpha value is -0.690. The average Bonchev–Trinajstić information content (AvgIpc) is 2.79. The van der Waals surface area contributed by atoms with Gasteiger partial charge in [0.2, 0.25) is 0 Å². The number of hydrogen-bond donors (Lipinski definition) is 2. The largest absolute Gasteiger partial charge is 0.331 e. The van der Waals surface area contributed by atoms with E-state index in [1.54, 1.807) is 21.3 Å². The van der Waals surface area contributed by atoms with Crippen molar-refractivity contribution < 1.29 is 14.2 Å². The number of methoxy groups -OCH3 is 3. The highest BCUT2D eigenvalue weighted by atomic mass is 35.5. The van der Waals surface area contributed by atoms with Crippen molar-refractivity contribution in [1.29, 1.82) is 0 Å². The van der Waals surface area contributed by atoms with Gasteiger partial charge in [0, 0.05) is 46.9 Å². The average molecular weight is 459 g/mol. The van der Waals surface area contributed by atoms with Crippen LogP contribution in [0.4, 0.5) is 0 Å². The molecule has 0 spiro atoms. The molecule has 0 aliphatic carbocycles. The van der Waals surface area contributed by atoms with Gasteiger partial charge in [-0.2, -0.15) is 0 Å². The van der Waals surface area contributed by atoms with Gasteiger partial charge in [-0.05, 0) is 31.4 Å². The molecule has 31 heavy (non-hydrogen) atoms. The Morgan fingerprint density at radius 1 is 0.742 bits per heavy atom. The van der Waals surface area contributed by atoms with Crippen molar-refractivity contribution in [2.24, 2.45) is 5.92 Å². The summed E-state index contributed by atoms with van der Waals surface area (Å²) >= 11 is 0. The van der Waals surface area contributed by atoms with Crippen molar-refractivity contribution in [2.45, 2.75) is 77.2 Å². The molecule has 2 N–H and O–H groups in total. The van der Waals surface area contributed by atoms with Crippen molar-refractivity contribution >= 4 is 12.4 Å². The molecule has 6 heteroatoms. The minimum atomic E-state index is -0.930. The summed E-state index contributed by atoms with van der Waals surface area (Å²) in [6.07, 6.45) is 10.9. The molecule has 0 saturated heterocycles. The Bertz CT molecular complexity index is 493. The second-order valence-electron chi connectivity index (χ2n) is 8.02. The minimum absolute atomic E-state index is 0. The van der Waals surface area contributed by atoms with Gasteiger partial charge in [-0.1, -0.05) is 75.8 Å². The van der Waals surface area contributed by atoms with Crippen LogP contribution in [0.5, 0.6) is 0 Å². The smallest absolute Gasteiger partial charge is 0.285 e. The molecule has 0 radical (unpaired) electrons. The molecular weight excluding hydrogens is 412 g/mol. The molecule has 1 atom stereocenters. The molecule has 5 nitrogen and oxygen atoms in total. The zero-order chi connectivity index (χ0) is 21.9. The summed E-state index contributed by atoms with van der Waals surface area (Å²) in [5.74, 6) is -0.692. The number of unbranched alkanes of at least 4 members (excludes halogenated alkanes) is 5. The van der Waals surface area contributed by atoms with E-state index in [1.165, 1.54) is 44.1 Å². The van der Waals surface area contributed by atoms with E-state index < -0.39 is 5.97 Å². The number of rotatable bonds is 20. The Morgan fingerprint density at radius 3 is 1.97 bits per heavy atom. The standard InChI is InChI=1S/C25H46N2O3.ClH/c1-5-6-7-8-9-13-17-24(25(28-2,29-3)30-4)18-14-19-26-20-21-27-22-23-15-11-10-12-16-23;/h10-12,15-16,24,26-27H,5-9,13-14,17-22H2,1-4H3;1H. The van der Waals surface area contributed by atoms with Gasteiger partial charge >= 0.3 is 0 Å². The summed E-state index contributed by atoms with van der Waals surface area (Å²) in [6.45, 7) is 6.11. The molecule has 1 aromatic rings. The lowest BCUT2D eigenvalue weighted by Gasteiger charge is -2.36. The number of benzene rings is 1. The molecule has 0 heterocycles. The Morgan fingerprint density at radius 2 is 1.32 bits per heavy atom. The van der Waals surface area contributed by atoms with Gasteiger partial charge in [0.15, 0.2) is 0 Å². The number of ether oxygens (including phenoxy) is 3. The summed E-state index contributed by atoms with van der Waals surface area (Å²) in [4.78, 5) is 0.